The van der Waals surface area contributed by atoms with Crippen LogP contribution in [0.15, 0.2) is 35.6 Å². The first-order valence-electron chi connectivity index (χ1n) is 9.59. The maximum absolute atomic E-state index is 4.57. The maximum atomic E-state index is 4.57. The smallest absolute Gasteiger partial charge is 0.191 e. The van der Waals surface area contributed by atoms with Crippen LogP contribution in [0.1, 0.15) is 30.6 Å². The second-order valence-electron chi connectivity index (χ2n) is 6.82. The average Bonchev–Trinajstić information content (AvgIpc) is 3.40. The Labute approximate surface area is 186 Å². The molecule has 3 N–H and O–H groups in total. The number of aliphatic imine (C=N–C) groups is 1. The van der Waals surface area contributed by atoms with E-state index in [1.54, 1.807) is 7.05 Å². The van der Waals surface area contributed by atoms with Gasteiger partial charge in [-0.1, -0.05) is 25.1 Å². The summed E-state index contributed by atoms with van der Waals surface area (Å²) in [4.78, 5) is 13.1. The van der Waals surface area contributed by atoms with E-state index in [-0.39, 0.29) is 30.0 Å². The number of hydrogen-bond donors (Lipinski definition) is 3. The highest BCUT2D eigenvalue weighted by molar-refractivity contribution is 14.0. The summed E-state index contributed by atoms with van der Waals surface area (Å²) in [5, 5.41) is 18.3. The van der Waals surface area contributed by atoms with E-state index in [0.29, 0.717) is 6.54 Å². The molecule has 9 nitrogen and oxygen atoms in total. The number of hydrogen-bond acceptors (Lipinski definition) is 5. The SMILES string of the molecule is CCc1nc2n(n1)CC(NC(=NC)NCc1cccc(-c3ncn[nH]3)c1)CC2.I. The summed E-state index contributed by atoms with van der Waals surface area (Å²) >= 11 is 0. The number of benzene rings is 1. The van der Waals surface area contributed by atoms with E-state index in [0.717, 1.165) is 60.4 Å². The molecular weight excluding hydrogens is 481 g/mol. The van der Waals surface area contributed by atoms with Crippen LogP contribution in [0.25, 0.3) is 11.4 Å². The second kappa shape index (κ2) is 9.81. The van der Waals surface area contributed by atoms with Crippen molar-refractivity contribution >= 4 is 29.9 Å². The molecule has 1 aliphatic rings. The highest BCUT2D eigenvalue weighted by Crippen LogP contribution is 2.16. The van der Waals surface area contributed by atoms with Gasteiger partial charge in [0.1, 0.15) is 12.2 Å². The van der Waals surface area contributed by atoms with Crippen LogP contribution in [-0.2, 0) is 25.9 Å². The molecule has 4 rings (SSSR count). The number of H-pyrrole nitrogens is 1. The number of aromatic nitrogens is 6. The molecule has 0 saturated carbocycles. The largest absolute Gasteiger partial charge is 0.352 e. The van der Waals surface area contributed by atoms with Gasteiger partial charge in [-0.2, -0.15) is 10.2 Å². The number of fused-ring (bicyclic) bond motifs is 1. The minimum Gasteiger partial charge on any atom is -0.352 e. The zero-order valence-electron chi connectivity index (χ0n) is 16.6. The minimum absolute atomic E-state index is 0. The molecule has 29 heavy (non-hydrogen) atoms. The van der Waals surface area contributed by atoms with Crippen LogP contribution in [0.5, 0.6) is 0 Å². The Morgan fingerprint density at radius 3 is 3.03 bits per heavy atom. The normalized spacial score (nSPS) is 16.1. The van der Waals surface area contributed by atoms with Crippen molar-refractivity contribution in [1.29, 1.82) is 0 Å². The lowest BCUT2D eigenvalue weighted by Crippen LogP contribution is -2.46. The lowest BCUT2D eigenvalue weighted by atomic mass is 10.1. The predicted molar refractivity (Wildman–Crippen MR) is 122 cm³/mol. The second-order valence-corrected chi connectivity index (χ2v) is 6.82. The zero-order valence-corrected chi connectivity index (χ0v) is 18.9. The molecule has 1 unspecified atom stereocenters. The molecule has 1 aromatic carbocycles. The predicted octanol–water partition coefficient (Wildman–Crippen LogP) is 1.92. The fourth-order valence-electron chi connectivity index (χ4n) is 3.38. The van der Waals surface area contributed by atoms with E-state index in [4.69, 9.17) is 0 Å². The third-order valence-corrected chi connectivity index (χ3v) is 4.86. The van der Waals surface area contributed by atoms with Gasteiger partial charge in [0.05, 0.1) is 6.54 Å². The van der Waals surface area contributed by atoms with E-state index in [9.17, 15) is 0 Å². The Balaban J connectivity index is 0.00000240. The Hall–Kier alpha value is -2.50. The summed E-state index contributed by atoms with van der Waals surface area (Å²) < 4.78 is 2.02. The van der Waals surface area contributed by atoms with E-state index in [1.807, 2.05) is 16.8 Å². The van der Waals surface area contributed by atoms with E-state index in [2.05, 4.69) is 59.9 Å². The molecule has 3 heterocycles. The number of aryl methyl sites for hydroxylation is 2. The highest BCUT2D eigenvalue weighted by Gasteiger charge is 2.22. The van der Waals surface area contributed by atoms with Gasteiger partial charge in [0, 0.05) is 38.0 Å². The molecule has 2 aromatic heterocycles. The quantitative estimate of drug-likeness (QED) is 0.277. The maximum Gasteiger partial charge on any atom is 0.191 e. The van der Waals surface area contributed by atoms with Gasteiger partial charge in [0.15, 0.2) is 17.6 Å². The molecule has 1 atom stereocenters. The molecule has 0 radical (unpaired) electrons. The Morgan fingerprint density at radius 2 is 2.28 bits per heavy atom. The van der Waals surface area contributed by atoms with Crippen LogP contribution in [0.4, 0.5) is 0 Å². The van der Waals surface area contributed by atoms with Gasteiger partial charge in [0.25, 0.3) is 0 Å². The summed E-state index contributed by atoms with van der Waals surface area (Å²) in [7, 11) is 1.79. The summed E-state index contributed by atoms with van der Waals surface area (Å²) in [6.45, 7) is 3.56. The molecule has 0 aliphatic carbocycles. The Morgan fingerprint density at radius 1 is 1.38 bits per heavy atom. The molecule has 0 amide bonds. The molecule has 3 aromatic rings. The number of halogens is 1. The van der Waals surface area contributed by atoms with Crippen LogP contribution in [-0.4, -0.2) is 49.0 Å². The van der Waals surface area contributed by atoms with Gasteiger partial charge < -0.3 is 10.6 Å². The third kappa shape index (κ3) is 5.11. The molecule has 10 heteroatoms. The van der Waals surface area contributed by atoms with Gasteiger partial charge in [-0.05, 0) is 18.1 Å². The Kier molecular flexibility index (Phi) is 7.18. The summed E-state index contributed by atoms with van der Waals surface area (Å²) in [6, 6.07) is 8.48. The molecule has 0 bridgehead atoms. The lowest BCUT2D eigenvalue weighted by molar-refractivity contribution is 0.392. The van der Waals surface area contributed by atoms with Crippen molar-refractivity contribution in [2.45, 2.75) is 45.3 Å². The number of nitrogens with zero attached hydrogens (tertiary/aromatic N) is 6. The number of aromatic amines is 1. The van der Waals surface area contributed by atoms with Crippen LogP contribution < -0.4 is 10.6 Å². The highest BCUT2D eigenvalue weighted by atomic mass is 127. The average molecular weight is 507 g/mol. The summed E-state index contributed by atoms with van der Waals surface area (Å²) in [5.41, 5.74) is 2.16. The van der Waals surface area contributed by atoms with Gasteiger partial charge in [-0.15, -0.1) is 24.0 Å². The number of rotatable bonds is 5. The first kappa shape index (κ1) is 21.2. The van der Waals surface area contributed by atoms with Crippen LogP contribution >= 0.6 is 24.0 Å². The molecular formula is C19H26IN9. The van der Waals surface area contributed by atoms with E-state index >= 15 is 0 Å². The number of nitrogens with one attached hydrogen (secondary N) is 3. The van der Waals surface area contributed by atoms with Crippen molar-refractivity contribution < 1.29 is 0 Å². The fraction of sp³-hybridized carbons (Fsp3) is 0.421. The van der Waals surface area contributed by atoms with Crippen molar-refractivity contribution in [3.8, 4) is 11.4 Å². The number of guanidine groups is 1. The molecule has 0 fully saturated rings. The monoisotopic (exact) mass is 507 g/mol. The van der Waals surface area contributed by atoms with Crippen molar-refractivity contribution in [3.05, 3.63) is 47.8 Å². The Bertz CT molecular complexity index is 949. The minimum atomic E-state index is 0. The fourth-order valence-corrected chi connectivity index (χ4v) is 3.38. The van der Waals surface area contributed by atoms with Gasteiger partial charge in [0.2, 0.25) is 0 Å². The van der Waals surface area contributed by atoms with Crippen molar-refractivity contribution in [3.63, 3.8) is 0 Å². The third-order valence-electron chi connectivity index (χ3n) is 4.86. The first-order chi connectivity index (χ1) is 13.7. The standard InChI is InChI=1S/C19H25N9.HI/c1-3-16-25-17-8-7-15(11-28(17)27-16)24-19(20-2)21-10-13-5-4-6-14(9-13)18-22-12-23-26-18;/h4-6,9,12,15H,3,7-8,10-11H2,1-2H3,(H2,20,21,24)(H,22,23,26);1H. The lowest BCUT2D eigenvalue weighted by Gasteiger charge is -2.25. The van der Waals surface area contributed by atoms with Crippen LogP contribution in [0, 0.1) is 0 Å². The zero-order chi connectivity index (χ0) is 19.3. The van der Waals surface area contributed by atoms with Gasteiger partial charge in [-0.25, -0.2) is 14.6 Å². The van der Waals surface area contributed by atoms with Crippen LogP contribution in [0.2, 0.25) is 0 Å². The van der Waals surface area contributed by atoms with Crippen molar-refractivity contribution in [1.82, 2.24) is 40.6 Å². The van der Waals surface area contributed by atoms with Crippen molar-refractivity contribution in [2.75, 3.05) is 7.05 Å². The summed E-state index contributed by atoms with van der Waals surface area (Å²) in [5.74, 6) is 3.56. The van der Waals surface area contributed by atoms with Gasteiger partial charge >= 0.3 is 0 Å². The molecule has 154 valence electrons. The molecule has 0 spiro atoms. The molecule has 1 aliphatic heterocycles. The summed E-state index contributed by atoms with van der Waals surface area (Å²) in [6.07, 6.45) is 4.33. The van der Waals surface area contributed by atoms with Crippen molar-refractivity contribution in [2.24, 2.45) is 4.99 Å². The first-order valence-corrected chi connectivity index (χ1v) is 9.59. The van der Waals surface area contributed by atoms with E-state index < -0.39 is 0 Å². The van der Waals surface area contributed by atoms with E-state index in [1.165, 1.54) is 6.33 Å². The van der Waals surface area contributed by atoms with Crippen LogP contribution in [0.3, 0.4) is 0 Å². The topological polar surface area (TPSA) is 109 Å². The molecule has 0 saturated heterocycles. The van der Waals surface area contributed by atoms with Gasteiger partial charge in [-0.3, -0.25) is 10.1 Å².